The summed E-state index contributed by atoms with van der Waals surface area (Å²) in [7, 11) is 1.57. The molecular formula is C22H18F3N5O. The average molecular weight is 425 g/mol. The molecule has 0 bridgehead atoms. The largest absolute Gasteiger partial charge is 0.497 e. The lowest BCUT2D eigenvalue weighted by atomic mass is 10.0. The highest BCUT2D eigenvalue weighted by atomic mass is 19.4. The third-order valence-electron chi connectivity index (χ3n) is 5.14. The SMILES string of the molecule is COc1ccc(-c2nn3cc(C(F)(F)F)ccc3c2-c2ccnc(NC3CC3)n2)cc1. The Balaban J connectivity index is 1.70. The van der Waals surface area contributed by atoms with Crippen LogP contribution in [0.1, 0.15) is 18.4 Å². The molecule has 0 radical (unpaired) electrons. The number of ether oxygens (including phenoxy) is 1. The molecular weight excluding hydrogens is 407 g/mol. The predicted octanol–water partition coefficient (Wildman–Crippen LogP) is 5.06. The van der Waals surface area contributed by atoms with Crippen molar-refractivity contribution in [2.24, 2.45) is 0 Å². The third-order valence-corrected chi connectivity index (χ3v) is 5.14. The molecule has 0 spiro atoms. The van der Waals surface area contributed by atoms with Crippen LogP contribution in [0.25, 0.3) is 28.0 Å². The number of fused-ring (bicyclic) bond motifs is 1. The molecule has 0 amide bonds. The molecule has 31 heavy (non-hydrogen) atoms. The Morgan fingerprint density at radius 1 is 1.06 bits per heavy atom. The molecule has 3 heterocycles. The number of halogens is 3. The van der Waals surface area contributed by atoms with Crippen LogP contribution in [0.3, 0.4) is 0 Å². The average Bonchev–Trinajstić information content (AvgIpc) is 3.49. The normalized spacial score (nSPS) is 14.1. The van der Waals surface area contributed by atoms with Gasteiger partial charge in [0.25, 0.3) is 0 Å². The van der Waals surface area contributed by atoms with Crippen molar-refractivity contribution in [3.05, 3.63) is 60.4 Å². The third kappa shape index (κ3) is 3.78. The Hall–Kier alpha value is -3.62. The van der Waals surface area contributed by atoms with E-state index in [1.165, 1.54) is 10.6 Å². The van der Waals surface area contributed by atoms with E-state index in [0.29, 0.717) is 40.2 Å². The van der Waals surface area contributed by atoms with E-state index in [1.54, 1.807) is 31.5 Å². The number of nitrogens with one attached hydrogen (secondary N) is 1. The first-order valence-electron chi connectivity index (χ1n) is 9.76. The van der Waals surface area contributed by atoms with E-state index in [-0.39, 0.29) is 0 Å². The molecule has 1 fully saturated rings. The predicted molar refractivity (Wildman–Crippen MR) is 110 cm³/mol. The molecule has 0 saturated heterocycles. The number of anilines is 1. The summed E-state index contributed by atoms with van der Waals surface area (Å²) in [5, 5.41) is 7.74. The summed E-state index contributed by atoms with van der Waals surface area (Å²) in [6.45, 7) is 0. The van der Waals surface area contributed by atoms with E-state index in [1.807, 2.05) is 12.1 Å². The summed E-state index contributed by atoms with van der Waals surface area (Å²) in [4.78, 5) is 8.88. The van der Waals surface area contributed by atoms with E-state index in [2.05, 4.69) is 20.4 Å². The van der Waals surface area contributed by atoms with Gasteiger partial charge in [-0.25, -0.2) is 14.5 Å². The second-order valence-corrected chi connectivity index (χ2v) is 7.38. The number of aromatic nitrogens is 4. The molecule has 4 aromatic rings. The lowest BCUT2D eigenvalue weighted by Crippen LogP contribution is -2.06. The highest BCUT2D eigenvalue weighted by Gasteiger charge is 2.31. The van der Waals surface area contributed by atoms with Crippen molar-refractivity contribution in [3.63, 3.8) is 0 Å². The van der Waals surface area contributed by atoms with Crippen molar-refractivity contribution in [1.29, 1.82) is 0 Å². The summed E-state index contributed by atoms with van der Waals surface area (Å²) >= 11 is 0. The van der Waals surface area contributed by atoms with E-state index in [0.717, 1.165) is 30.7 Å². The molecule has 0 aliphatic heterocycles. The zero-order valence-corrected chi connectivity index (χ0v) is 16.5. The minimum absolute atomic E-state index is 0.370. The zero-order valence-electron chi connectivity index (χ0n) is 16.5. The quantitative estimate of drug-likeness (QED) is 0.484. The zero-order chi connectivity index (χ0) is 21.6. The fourth-order valence-corrected chi connectivity index (χ4v) is 3.40. The Bertz CT molecular complexity index is 1250. The highest BCUT2D eigenvalue weighted by Crippen LogP contribution is 2.37. The first kappa shape index (κ1) is 19.3. The van der Waals surface area contributed by atoms with Gasteiger partial charge in [-0.2, -0.15) is 18.3 Å². The number of alkyl halides is 3. The van der Waals surface area contributed by atoms with E-state index < -0.39 is 11.7 Å². The van der Waals surface area contributed by atoms with Gasteiger partial charge in [0, 0.05) is 24.0 Å². The van der Waals surface area contributed by atoms with Crippen LogP contribution in [0, 0.1) is 0 Å². The lowest BCUT2D eigenvalue weighted by molar-refractivity contribution is -0.137. The summed E-state index contributed by atoms with van der Waals surface area (Å²) in [6, 6.07) is 11.8. The van der Waals surface area contributed by atoms with Crippen molar-refractivity contribution in [1.82, 2.24) is 19.6 Å². The summed E-state index contributed by atoms with van der Waals surface area (Å²) in [5.74, 6) is 1.17. The maximum absolute atomic E-state index is 13.2. The first-order chi connectivity index (χ1) is 14.9. The molecule has 9 heteroatoms. The molecule has 6 nitrogen and oxygen atoms in total. The summed E-state index contributed by atoms with van der Waals surface area (Å²) in [6.07, 6.45) is 0.314. The van der Waals surface area contributed by atoms with Gasteiger partial charge in [0.2, 0.25) is 5.95 Å². The van der Waals surface area contributed by atoms with Crippen molar-refractivity contribution in [3.8, 4) is 28.3 Å². The van der Waals surface area contributed by atoms with E-state index >= 15 is 0 Å². The Morgan fingerprint density at radius 2 is 1.84 bits per heavy atom. The van der Waals surface area contributed by atoms with Gasteiger partial charge >= 0.3 is 6.18 Å². The van der Waals surface area contributed by atoms with Crippen molar-refractivity contribution < 1.29 is 17.9 Å². The fourth-order valence-electron chi connectivity index (χ4n) is 3.40. The van der Waals surface area contributed by atoms with Crippen molar-refractivity contribution in [2.75, 3.05) is 12.4 Å². The van der Waals surface area contributed by atoms with Crippen molar-refractivity contribution >= 4 is 11.5 Å². The van der Waals surface area contributed by atoms with Gasteiger partial charge in [0.15, 0.2) is 0 Å². The number of hydrogen-bond donors (Lipinski definition) is 1. The minimum Gasteiger partial charge on any atom is -0.497 e. The number of pyridine rings is 1. The van der Waals surface area contributed by atoms with Crippen LogP contribution in [0.2, 0.25) is 0 Å². The van der Waals surface area contributed by atoms with E-state index in [9.17, 15) is 13.2 Å². The standard InChI is InChI=1S/C22H18F3N5O/c1-31-16-7-2-13(3-8-16)20-19(17-10-11-26-21(28-17)27-15-5-6-15)18-9-4-14(22(23,24)25)12-30(18)29-20/h2-4,7-12,15H,5-6H2,1H3,(H,26,27,28). The van der Waals surface area contributed by atoms with Gasteiger partial charge in [0.1, 0.15) is 11.4 Å². The molecule has 3 aromatic heterocycles. The maximum Gasteiger partial charge on any atom is 0.417 e. The summed E-state index contributed by atoms with van der Waals surface area (Å²) in [5.41, 5.74) is 2.24. The molecule has 5 rings (SSSR count). The van der Waals surface area contributed by atoms with Gasteiger partial charge in [-0.1, -0.05) is 0 Å². The highest BCUT2D eigenvalue weighted by molar-refractivity contribution is 5.91. The molecule has 1 N–H and O–H groups in total. The van der Waals surface area contributed by atoms with Gasteiger partial charge in [-0.15, -0.1) is 0 Å². The minimum atomic E-state index is -4.46. The number of hydrogen-bond acceptors (Lipinski definition) is 5. The maximum atomic E-state index is 13.2. The fraction of sp³-hybridized carbons (Fsp3) is 0.227. The van der Waals surface area contributed by atoms with Gasteiger partial charge in [-0.3, -0.25) is 0 Å². The molecule has 1 aromatic carbocycles. The number of benzene rings is 1. The second-order valence-electron chi connectivity index (χ2n) is 7.38. The topological polar surface area (TPSA) is 64.3 Å². The van der Waals surface area contributed by atoms with Crippen LogP contribution >= 0.6 is 0 Å². The van der Waals surface area contributed by atoms with Crippen LogP contribution in [0.5, 0.6) is 5.75 Å². The molecule has 158 valence electrons. The molecule has 1 aliphatic carbocycles. The molecule has 0 atom stereocenters. The van der Waals surface area contributed by atoms with Crippen LogP contribution < -0.4 is 10.1 Å². The summed E-state index contributed by atoms with van der Waals surface area (Å²) < 4.78 is 46.2. The lowest BCUT2D eigenvalue weighted by Gasteiger charge is -2.08. The van der Waals surface area contributed by atoms with Crippen molar-refractivity contribution in [2.45, 2.75) is 25.1 Å². The first-order valence-corrected chi connectivity index (χ1v) is 9.76. The Morgan fingerprint density at radius 3 is 2.52 bits per heavy atom. The molecule has 1 aliphatic rings. The van der Waals surface area contributed by atoms with Crippen LogP contribution in [-0.2, 0) is 6.18 Å². The van der Waals surface area contributed by atoms with Gasteiger partial charge in [-0.05, 0) is 55.3 Å². The number of methoxy groups -OCH3 is 1. The second kappa shape index (κ2) is 7.26. The molecule has 0 unspecified atom stereocenters. The van der Waals surface area contributed by atoms with E-state index in [4.69, 9.17) is 4.74 Å². The van der Waals surface area contributed by atoms with Crippen LogP contribution in [-0.4, -0.2) is 32.7 Å². The van der Waals surface area contributed by atoms with Gasteiger partial charge in [0.05, 0.1) is 29.4 Å². The van der Waals surface area contributed by atoms with Crippen LogP contribution in [0.4, 0.5) is 19.1 Å². The Kier molecular flexibility index (Phi) is 4.53. The smallest absolute Gasteiger partial charge is 0.417 e. The number of rotatable bonds is 5. The number of nitrogens with zero attached hydrogens (tertiary/aromatic N) is 4. The van der Waals surface area contributed by atoms with Gasteiger partial charge < -0.3 is 10.1 Å². The monoisotopic (exact) mass is 425 g/mol. The molecule has 1 saturated carbocycles. The Labute approximate surface area is 175 Å². The van der Waals surface area contributed by atoms with Crippen LogP contribution in [0.15, 0.2) is 54.9 Å².